The average molecular weight is 481 g/mol. The fourth-order valence-electron chi connectivity index (χ4n) is 4.04. The topological polar surface area (TPSA) is 102 Å². The van der Waals surface area contributed by atoms with Gasteiger partial charge in [0, 0.05) is 32.5 Å². The van der Waals surface area contributed by atoms with Crippen molar-refractivity contribution in [2.24, 2.45) is 0 Å². The molecule has 1 amide bonds. The van der Waals surface area contributed by atoms with Gasteiger partial charge in [-0.25, -0.2) is 18.0 Å². The van der Waals surface area contributed by atoms with Crippen LogP contribution in [0.1, 0.15) is 28.1 Å². The van der Waals surface area contributed by atoms with Crippen LogP contribution in [-0.2, 0) is 30.8 Å². The van der Waals surface area contributed by atoms with Crippen molar-refractivity contribution in [1.29, 1.82) is 0 Å². The van der Waals surface area contributed by atoms with Crippen molar-refractivity contribution in [3.8, 4) is 0 Å². The molecule has 0 unspecified atom stereocenters. The van der Waals surface area contributed by atoms with Gasteiger partial charge in [-0.1, -0.05) is 30.3 Å². The van der Waals surface area contributed by atoms with E-state index in [4.69, 9.17) is 14.2 Å². The van der Waals surface area contributed by atoms with Crippen LogP contribution in [-0.4, -0.2) is 68.8 Å². The molecule has 32 heavy (non-hydrogen) atoms. The molecule has 1 aromatic carbocycles. The van der Waals surface area contributed by atoms with Gasteiger partial charge in [0.15, 0.2) is 0 Å². The predicted octanol–water partition coefficient (Wildman–Crippen LogP) is 2.68. The largest absolute Gasteiger partial charge is 0.465 e. The van der Waals surface area contributed by atoms with E-state index in [1.165, 1.54) is 17.5 Å². The van der Waals surface area contributed by atoms with Crippen molar-refractivity contribution >= 4 is 33.4 Å². The number of carbonyl (C=O) groups excluding carboxylic acids is 2. The molecule has 1 spiro atoms. The monoisotopic (exact) mass is 480 g/mol. The number of ether oxygens (including phenoxy) is 3. The maximum Gasteiger partial charge on any atom is 0.410 e. The minimum Gasteiger partial charge on any atom is -0.465 e. The second-order valence-electron chi connectivity index (χ2n) is 7.50. The van der Waals surface area contributed by atoms with Crippen LogP contribution in [0, 0.1) is 0 Å². The van der Waals surface area contributed by atoms with E-state index in [2.05, 4.69) is 0 Å². The van der Waals surface area contributed by atoms with Crippen molar-refractivity contribution in [1.82, 2.24) is 9.21 Å². The van der Waals surface area contributed by atoms with E-state index in [-0.39, 0.29) is 29.5 Å². The van der Waals surface area contributed by atoms with Crippen LogP contribution in [0.5, 0.6) is 0 Å². The zero-order chi connectivity index (χ0) is 22.8. The van der Waals surface area contributed by atoms with Gasteiger partial charge in [-0.15, -0.1) is 11.3 Å². The van der Waals surface area contributed by atoms with Gasteiger partial charge in [0.05, 0.1) is 13.7 Å². The number of amides is 1. The van der Waals surface area contributed by atoms with E-state index < -0.39 is 27.8 Å². The number of esters is 1. The lowest BCUT2D eigenvalue weighted by atomic mass is 10.0. The summed E-state index contributed by atoms with van der Waals surface area (Å²) in [5.74, 6) is -0.691. The van der Waals surface area contributed by atoms with Crippen LogP contribution < -0.4 is 0 Å². The summed E-state index contributed by atoms with van der Waals surface area (Å²) >= 11 is 1.02. The Morgan fingerprint density at radius 2 is 1.84 bits per heavy atom. The molecule has 2 saturated heterocycles. The molecule has 1 aromatic heterocycles. The number of thiophene rings is 1. The molecule has 0 saturated carbocycles. The van der Waals surface area contributed by atoms with Gasteiger partial charge in [-0.05, 0) is 17.0 Å². The second kappa shape index (κ2) is 9.18. The van der Waals surface area contributed by atoms with Crippen LogP contribution >= 0.6 is 11.3 Å². The number of nitrogens with zero attached hydrogens (tertiary/aromatic N) is 2. The van der Waals surface area contributed by atoms with Gasteiger partial charge in [0.2, 0.25) is 10.0 Å². The van der Waals surface area contributed by atoms with Crippen molar-refractivity contribution in [2.45, 2.75) is 30.1 Å². The molecule has 9 nitrogen and oxygen atoms in total. The van der Waals surface area contributed by atoms with Gasteiger partial charge in [0.25, 0.3) is 0 Å². The number of methoxy groups -OCH3 is 1. The fourth-order valence-corrected chi connectivity index (χ4v) is 7.07. The lowest BCUT2D eigenvalue weighted by Crippen LogP contribution is -2.55. The number of carbonyl (C=O) groups is 2. The summed E-state index contributed by atoms with van der Waals surface area (Å²) in [6, 6.07) is 10.8. The normalized spacial score (nSPS) is 18.6. The molecule has 0 aliphatic carbocycles. The Hall–Kier alpha value is -2.47. The maximum absolute atomic E-state index is 13.4. The van der Waals surface area contributed by atoms with Crippen LogP contribution in [0.4, 0.5) is 4.79 Å². The van der Waals surface area contributed by atoms with E-state index in [0.717, 1.165) is 16.9 Å². The lowest BCUT2D eigenvalue weighted by Gasteiger charge is -2.42. The zero-order valence-corrected chi connectivity index (χ0v) is 19.2. The number of likely N-dealkylation sites (tertiary alicyclic amines) is 1. The minimum absolute atomic E-state index is 0.0384. The lowest BCUT2D eigenvalue weighted by molar-refractivity contribution is -0.0880. The smallest absolute Gasteiger partial charge is 0.410 e. The summed E-state index contributed by atoms with van der Waals surface area (Å²) in [4.78, 5) is 26.0. The number of rotatable bonds is 5. The SMILES string of the molecule is COC(=O)c1sccc1S(=O)(=O)N1CCOC12CCN(C(=O)OCc1ccccc1)CC2. The number of benzene rings is 1. The first kappa shape index (κ1) is 22.7. The van der Waals surface area contributed by atoms with E-state index in [9.17, 15) is 18.0 Å². The Kier molecular flexibility index (Phi) is 6.52. The molecule has 0 bridgehead atoms. The van der Waals surface area contributed by atoms with Crippen molar-refractivity contribution in [3.05, 3.63) is 52.2 Å². The molecule has 2 fully saturated rings. The fraction of sp³-hybridized carbons (Fsp3) is 0.429. The van der Waals surface area contributed by atoms with E-state index in [1.54, 1.807) is 10.3 Å². The second-order valence-corrected chi connectivity index (χ2v) is 10.3. The first-order valence-corrected chi connectivity index (χ1v) is 12.5. The molecular weight excluding hydrogens is 456 g/mol. The molecule has 3 heterocycles. The van der Waals surface area contributed by atoms with E-state index in [1.807, 2.05) is 30.3 Å². The van der Waals surface area contributed by atoms with E-state index in [0.29, 0.717) is 25.9 Å². The van der Waals surface area contributed by atoms with Crippen molar-refractivity contribution in [3.63, 3.8) is 0 Å². The number of piperidine rings is 1. The molecule has 11 heteroatoms. The van der Waals surface area contributed by atoms with Crippen LogP contribution in [0.2, 0.25) is 0 Å². The van der Waals surface area contributed by atoms with E-state index >= 15 is 0 Å². The van der Waals surface area contributed by atoms with Gasteiger partial charge < -0.3 is 19.1 Å². The van der Waals surface area contributed by atoms with Gasteiger partial charge >= 0.3 is 12.1 Å². The third-order valence-electron chi connectivity index (χ3n) is 5.70. The Morgan fingerprint density at radius 1 is 1.12 bits per heavy atom. The maximum atomic E-state index is 13.4. The molecule has 0 radical (unpaired) electrons. The molecule has 4 rings (SSSR count). The summed E-state index contributed by atoms with van der Waals surface area (Å²) in [6.07, 6.45) is 0.177. The summed E-state index contributed by atoms with van der Waals surface area (Å²) in [5, 5.41) is 1.55. The van der Waals surface area contributed by atoms with Crippen LogP contribution in [0.15, 0.2) is 46.7 Å². The summed E-state index contributed by atoms with van der Waals surface area (Å²) < 4.78 is 44.2. The van der Waals surface area contributed by atoms with Crippen LogP contribution in [0.3, 0.4) is 0 Å². The Balaban J connectivity index is 1.44. The summed E-state index contributed by atoms with van der Waals surface area (Å²) in [7, 11) is -2.78. The van der Waals surface area contributed by atoms with Crippen molar-refractivity contribution in [2.75, 3.05) is 33.4 Å². The first-order chi connectivity index (χ1) is 15.4. The minimum atomic E-state index is -3.99. The molecule has 0 N–H and O–H groups in total. The number of hydrogen-bond acceptors (Lipinski definition) is 8. The quantitative estimate of drug-likeness (QED) is 0.606. The number of sulfonamides is 1. The third-order valence-corrected chi connectivity index (χ3v) is 8.71. The standard InChI is InChI=1S/C21H24N2O7S2/c1-28-19(24)18-17(7-14-31-18)32(26,27)23-12-13-30-21(23)8-10-22(11-9-21)20(25)29-15-16-5-3-2-4-6-16/h2-7,14H,8-13,15H2,1H3. The molecule has 2 aromatic rings. The van der Waals surface area contributed by atoms with Crippen molar-refractivity contribution < 1.29 is 32.2 Å². The van der Waals surface area contributed by atoms with Crippen LogP contribution in [0.25, 0.3) is 0 Å². The predicted molar refractivity (Wildman–Crippen MR) is 116 cm³/mol. The third kappa shape index (κ3) is 4.25. The summed E-state index contributed by atoms with van der Waals surface area (Å²) in [6.45, 7) is 1.19. The van der Waals surface area contributed by atoms with Gasteiger partial charge in [0.1, 0.15) is 22.1 Å². The Morgan fingerprint density at radius 3 is 2.53 bits per heavy atom. The zero-order valence-electron chi connectivity index (χ0n) is 17.6. The molecule has 0 atom stereocenters. The van der Waals surface area contributed by atoms with Gasteiger partial charge in [-0.2, -0.15) is 4.31 Å². The molecule has 2 aliphatic rings. The highest BCUT2D eigenvalue weighted by Crippen LogP contribution is 2.39. The van der Waals surface area contributed by atoms with Gasteiger partial charge in [-0.3, -0.25) is 0 Å². The highest BCUT2D eigenvalue weighted by atomic mass is 32.2. The Bertz CT molecular complexity index is 1080. The summed E-state index contributed by atoms with van der Waals surface area (Å²) in [5.41, 5.74) is -0.160. The molecule has 2 aliphatic heterocycles. The molecule has 172 valence electrons. The highest BCUT2D eigenvalue weighted by molar-refractivity contribution is 7.89. The number of hydrogen-bond donors (Lipinski definition) is 0. The highest BCUT2D eigenvalue weighted by Gasteiger charge is 2.52. The average Bonchev–Trinajstić information content (AvgIpc) is 3.47. The Labute approximate surface area is 190 Å². The first-order valence-electron chi connectivity index (χ1n) is 10.2. The molecular formula is C21H24N2O7S2.